The number of pyridine rings is 1. The van der Waals surface area contributed by atoms with Crippen LogP contribution >= 0.6 is 11.6 Å². The van der Waals surface area contributed by atoms with Crippen molar-refractivity contribution in [2.45, 2.75) is 25.7 Å². The molecule has 3 nitrogen and oxygen atoms in total. The lowest BCUT2D eigenvalue weighted by Crippen LogP contribution is -2.10. The van der Waals surface area contributed by atoms with Gasteiger partial charge in [-0.05, 0) is 55.0 Å². The molecule has 3 rings (SSSR count). The Balaban J connectivity index is 2.00. The third kappa shape index (κ3) is 2.48. The minimum absolute atomic E-state index is 0.566. The molecule has 100 valence electrons. The number of anilines is 2. The average Bonchev–Trinajstić information content (AvgIpc) is 2.48. The minimum Gasteiger partial charge on any atom is -0.354 e. The Labute approximate surface area is 123 Å². The predicted octanol–water partition coefficient (Wildman–Crippen LogP) is 4.23. The van der Waals surface area contributed by atoms with E-state index >= 15 is 0 Å². The van der Waals surface area contributed by atoms with E-state index in [-0.39, 0.29) is 0 Å². The standard InChI is InChI=1S/C16H14ClN3/c17-11-4-3-5-12(8-11)20-16-10-19-15(9-18)13-6-1-2-7-14(13)16/h3-5,8,10,20H,1-2,6-7H2. The maximum absolute atomic E-state index is 9.16. The van der Waals surface area contributed by atoms with E-state index in [0.29, 0.717) is 10.7 Å². The van der Waals surface area contributed by atoms with Crippen LogP contribution in [0.5, 0.6) is 0 Å². The fourth-order valence-electron chi connectivity index (χ4n) is 2.67. The first-order valence-corrected chi connectivity index (χ1v) is 7.09. The summed E-state index contributed by atoms with van der Waals surface area (Å²) in [6.07, 6.45) is 5.98. The molecule has 0 saturated carbocycles. The van der Waals surface area contributed by atoms with Gasteiger partial charge in [-0.3, -0.25) is 0 Å². The Bertz CT molecular complexity index is 689. The highest BCUT2D eigenvalue weighted by Crippen LogP contribution is 2.31. The number of nitrogens with zero attached hydrogens (tertiary/aromatic N) is 2. The smallest absolute Gasteiger partial charge is 0.144 e. The molecule has 0 atom stereocenters. The van der Waals surface area contributed by atoms with Gasteiger partial charge in [0.25, 0.3) is 0 Å². The van der Waals surface area contributed by atoms with Gasteiger partial charge in [-0.25, -0.2) is 4.98 Å². The maximum atomic E-state index is 9.16. The number of aromatic nitrogens is 1. The van der Waals surface area contributed by atoms with Crippen molar-refractivity contribution in [1.29, 1.82) is 5.26 Å². The highest BCUT2D eigenvalue weighted by molar-refractivity contribution is 6.30. The molecule has 0 aliphatic heterocycles. The lowest BCUT2D eigenvalue weighted by atomic mass is 9.90. The van der Waals surface area contributed by atoms with Gasteiger partial charge < -0.3 is 5.32 Å². The molecular weight excluding hydrogens is 270 g/mol. The molecule has 4 heteroatoms. The lowest BCUT2D eigenvalue weighted by Gasteiger charge is -2.20. The molecule has 1 heterocycles. The van der Waals surface area contributed by atoms with Crippen molar-refractivity contribution in [1.82, 2.24) is 4.98 Å². The fourth-order valence-corrected chi connectivity index (χ4v) is 2.86. The summed E-state index contributed by atoms with van der Waals surface area (Å²) in [5.41, 5.74) is 4.82. The Morgan fingerprint density at radius 2 is 2.00 bits per heavy atom. The largest absolute Gasteiger partial charge is 0.354 e. The number of benzene rings is 1. The van der Waals surface area contributed by atoms with Crippen molar-refractivity contribution in [2.24, 2.45) is 0 Å². The number of fused-ring (bicyclic) bond motifs is 1. The maximum Gasteiger partial charge on any atom is 0.144 e. The van der Waals surface area contributed by atoms with Crippen molar-refractivity contribution in [3.63, 3.8) is 0 Å². The molecule has 1 aliphatic carbocycles. The number of halogens is 1. The SMILES string of the molecule is N#Cc1ncc(Nc2cccc(Cl)c2)c2c1CCCC2. The molecule has 0 fully saturated rings. The van der Waals surface area contributed by atoms with Crippen molar-refractivity contribution < 1.29 is 0 Å². The van der Waals surface area contributed by atoms with Crippen LogP contribution < -0.4 is 5.32 Å². The van der Waals surface area contributed by atoms with E-state index in [0.717, 1.165) is 42.6 Å². The second-order valence-corrected chi connectivity index (χ2v) is 5.37. The zero-order chi connectivity index (χ0) is 13.9. The molecule has 0 unspecified atom stereocenters. The van der Waals surface area contributed by atoms with Gasteiger partial charge in [0.2, 0.25) is 0 Å². The first-order chi connectivity index (χ1) is 9.78. The normalized spacial score (nSPS) is 13.4. The van der Waals surface area contributed by atoms with E-state index in [1.807, 2.05) is 24.3 Å². The molecule has 0 radical (unpaired) electrons. The Morgan fingerprint density at radius 1 is 1.20 bits per heavy atom. The van der Waals surface area contributed by atoms with Gasteiger partial charge in [-0.15, -0.1) is 0 Å². The second-order valence-electron chi connectivity index (χ2n) is 4.93. The van der Waals surface area contributed by atoms with Crippen LogP contribution in [0.2, 0.25) is 5.02 Å². The summed E-state index contributed by atoms with van der Waals surface area (Å²) in [6.45, 7) is 0. The molecule has 2 aromatic rings. The van der Waals surface area contributed by atoms with E-state index in [9.17, 15) is 0 Å². The van der Waals surface area contributed by atoms with Gasteiger partial charge in [0.1, 0.15) is 11.8 Å². The van der Waals surface area contributed by atoms with Crippen molar-refractivity contribution in [3.05, 3.63) is 52.3 Å². The van der Waals surface area contributed by atoms with Crippen LogP contribution in [0.25, 0.3) is 0 Å². The van der Waals surface area contributed by atoms with Crippen LogP contribution in [0.1, 0.15) is 29.7 Å². The van der Waals surface area contributed by atoms with Gasteiger partial charge in [-0.1, -0.05) is 17.7 Å². The fraction of sp³-hybridized carbons (Fsp3) is 0.250. The van der Waals surface area contributed by atoms with Gasteiger partial charge in [0.05, 0.1) is 11.9 Å². The van der Waals surface area contributed by atoms with E-state index < -0.39 is 0 Å². The van der Waals surface area contributed by atoms with E-state index in [2.05, 4.69) is 16.4 Å². The van der Waals surface area contributed by atoms with Crippen molar-refractivity contribution in [3.8, 4) is 6.07 Å². The van der Waals surface area contributed by atoms with Crippen LogP contribution in [-0.4, -0.2) is 4.98 Å². The van der Waals surface area contributed by atoms with Gasteiger partial charge in [0.15, 0.2) is 0 Å². The van der Waals surface area contributed by atoms with Crippen LogP contribution in [0, 0.1) is 11.3 Å². The summed E-state index contributed by atoms with van der Waals surface area (Å²) in [4.78, 5) is 4.27. The Kier molecular flexibility index (Phi) is 3.58. The number of rotatable bonds is 2. The summed E-state index contributed by atoms with van der Waals surface area (Å²) < 4.78 is 0. The monoisotopic (exact) mass is 283 g/mol. The molecular formula is C16H14ClN3. The zero-order valence-corrected chi connectivity index (χ0v) is 11.7. The quantitative estimate of drug-likeness (QED) is 0.897. The molecule has 0 saturated heterocycles. The van der Waals surface area contributed by atoms with Crippen LogP contribution in [0.4, 0.5) is 11.4 Å². The van der Waals surface area contributed by atoms with Crippen LogP contribution in [0.3, 0.4) is 0 Å². The summed E-state index contributed by atoms with van der Waals surface area (Å²) in [6, 6.07) is 9.81. The highest BCUT2D eigenvalue weighted by atomic mass is 35.5. The predicted molar refractivity (Wildman–Crippen MR) is 80.3 cm³/mol. The summed E-state index contributed by atoms with van der Waals surface area (Å²) in [7, 11) is 0. The van der Waals surface area contributed by atoms with E-state index in [1.54, 1.807) is 6.20 Å². The number of hydrogen-bond acceptors (Lipinski definition) is 3. The van der Waals surface area contributed by atoms with Crippen LogP contribution in [-0.2, 0) is 12.8 Å². The van der Waals surface area contributed by atoms with Crippen molar-refractivity contribution >= 4 is 23.0 Å². The van der Waals surface area contributed by atoms with E-state index in [1.165, 1.54) is 5.56 Å². The first-order valence-electron chi connectivity index (χ1n) is 6.71. The molecule has 0 bridgehead atoms. The Hall–Kier alpha value is -2.05. The average molecular weight is 284 g/mol. The van der Waals surface area contributed by atoms with Crippen LogP contribution in [0.15, 0.2) is 30.5 Å². The molecule has 1 aromatic carbocycles. The molecule has 0 spiro atoms. The summed E-state index contributed by atoms with van der Waals surface area (Å²) in [5.74, 6) is 0. The zero-order valence-electron chi connectivity index (χ0n) is 11.0. The van der Waals surface area contributed by atoms with E-state index in [4.69, 9.17) is 16.9 Å². The van der Waals surface area contributed by atoms with Gasteiger partial charge in [0, 0.05) is 10.7 Å². The van der Waals surface area contributed by atoms with Crippen molar-refractivity contribution in [2.75, 3.05) is 5.32 Å². The Morgan fingerprint density at radius 3 is 2.75 bits per heavy atom. The third-order valence-corrected chi connectivity index (χ3v) is 3.85. The molecule has 1 N–H and O–H groups in total. The summed E-state index contributed by atoms with van der Waals surface area (Å²) >= 11 is 6.00. The molecule has 20 heavy (non-hydrogen) atoms. The number of nitriles is 1. The molecule has 1 aliphatic rings. The lowest BCUT2D eigenvalue weighted by molar-refractivity contribution is 0.681. The second kappa shape index (κ2) is 5.52. The highest BCUT2D eigenvalue weighted by Gasteiger charge is 2.18. The minimum atomic E-state index is 0.566. The van der Waals surface area contributed by atoms with Gasteiger partial charge in [-0.2, -0.15) is 5.26 Å². The molecule has 1 aromatic heterocycles. The summed E-state index contributed by atoms with van der Waals surface area (Å²) in [5, 5.41) is 13.2. The number of nitrogens with one attached hydrogen (secondary N) is 1. The molecule has 0 amide bonds. The third-order valence-electron chi connectivity index (χ3n) is 3.61. The first kappa shape index (κ1) is 13.0. The topological polar surface area (TPSA) is 48.7 Å². The van der Waals surface area contributed by atoms with Gasteiger partial charge >= 0.3 is 0 Å². The number of hydrogen-bond donors (Lipinski definition) is 1.